The Bertz CT molecular complexity index is 1000. The molecule has 2 bridgehead atoms. The Morgan fingerprint density at radius 3 is 2.41 bits per heavy atom. The molecular weight excluding hydrogens is 384 g/mol. The van der Waals surface area contributed by atoms with Crippen molar-refractivity contribution in [3.05, 3.63) is 59.7 Å². The normalized spacial score (nSPS) is 23.2. The highest BCUT2D eigenvalue weighted by Crippen LogP contribution is 2.44. The molecule has 1 amide bonds. The number of rotatable bonds is 6. The van der Waals surface area contributed by atoms with E-state index in [1.165, 1.54) is 23.6 Å². The maximum Gasteiger partial charge on any atom is 0.264 e. The van der Waals surface area contributed by atoms with Gasteiger partial charge in [0.1, 0.15) is 6.54 Å². The van der Waals surface area contributed by atoms with E-state index in [1.807, 2.05) is 26.0 Å². The third-order valence-corrected chi connectivity index (χ3v) is 8.06. The second kappa shape index (κ2) is 7.82. The first-order chi connectivity index (χ1) is 13.8. The van der Waals surface area contributed by atoms with Gasteiger partial charge in [-0.2, -0.15) is 0 Å². The summed E-state index contributed by atoms with van der Waals surface area (Å²) in [5, 5.41) is 3.11. The van der Waals surface area contributed by atoms with Gasteiger partial charge in [-0.15, -0.1) is 0 Å². The maximum absolute atomic E-state index is 13.4. The molecule has 0 heterocycles. The number of carbonyl (C=O) groups excluding carboxylic acids is 1. The molecule has 2 aromatic carbocycles. The van der Waals surface area contributed by atoms with E-state index in [0.717, 1.165) is 23.5 Å². The van der Waals surface area contributed by atoms with Gasteiger partial charge < -0.3 is 5.32 Å². The molecule has 2 saturated carbocycles. The molecule has 2 aliphatic carbocycles. The van der Waals surface area contributed by atoms with Gasteiger partial charge in [0.25, 0.3) is 10.0 Å². The lowest BCUT2D eigenvalue weighted by Crippen LogP contribution is -2.46. The monoisotopic (exact) mass is 412 g/mol. The number of aryl methyl sites for hydroxylation is 2. The van der Waals surface area contributed by atoms with Crippen molar-refractivity contribution in [1.29, 1.82) is 0 Å². The zero-order valence-electron chi connectivity index (χ0n) is 17.0. The third-order valence-electron chi connectivity index (χ3n) is 6.27. The highest BCUT2D eigenvalue weighted by molar-refractivity contribution is 7.92. The third kappa shape index (κ3) is 4.17. The molecule has 2 aliphatic rings. The molecule has 0 aliphatic heterocycles. The molecule has 29 heavy (non-hydrogen) atoms. The summed E-state index contributed by atoms with van der Waals surface area (Å²) < 4.78 is 28.0. The minimum absolute atomic E-state index is 0.183. The van der Waals surface area contributed by atoms with E-state index in [4.69, 9.17) is 0 Å². The van der Waals surface area contributed by atoms with Crippen LogP contribution < -0.4 is 9.62 Å². The Morgan fingerprint density at radius 1 is 1.03 bits per heavy atom. The minimum Gasteiger partial charge on any atom is -0.352 e. The van der Waals surface area contributed by atoms with Crippen LogP contribution in [0.25, 0.3) is 0 Å². The van der Waals surface area contributed by atoms with Crippen LogP contribution in [0.2, 0.25) is 0 Å². The minimum atomic E-state index is -3.85. The van der Waals surface area contributed by atoms with Crippen molar-refractivity contribution < 1.29 is 13.2 Å². The molecule has 3 atom stereocenters. The average Bonchev–Trinajstić information content (AvgIpc) is 3.29. The number of carbonyl (C=O) groups is 1. The van der Waals surface area contributed by atoms with Gasteiger partial charge in [-0.05, 0) is 74.8 Å². The van der Waals surface area contributed by atoms with Crippen molar-refractivity contribution in [3.8, 4) is 0 Å². The highest BCUT2D eigenvalue weighted by atomic mass is 32.2. The Hall–Kier alpha value is -2.34. The van der Waals surface area contributed by atoms with E-state index in [2.05, 4.69) is 5.32 Å². The molecule has 0 radical (unpaired) electrons. The highest BCUT2D eigenvalue weighted by Gasteiger charge is 2.40. The van der Waals surface area contributed by atoms with Crippen molar-refractivity contribution in [2.24, 2.45) is 11.8 Å². The number of fused-ring (bicyclic) bond motifs is 2. The first kappa shape index (κ1) is 20.0. The summed E-state index contributed by atoms with van der Waals surface area (Å²) in [4.78, 5) is 13.1. The number of anilines is 1. The summed E-state index contributed by atoms with van der Waals surface area (Å²) in [6.45, 7) is 3.61. The van der Waals surface area contributed by atoms with Gasteiger partial charge in [0.05, 0.1) is 10.6 Å². The number of nitrogens with one attached hydrogen (secondary N) is 1. The molecule has 5 nitrogen and oxygen atoms in total. The van der Waals surface area contributed by atoms with Crippen molar-refractivity contribution in [2.75, 3.05) is 10.8 Å². The predicted octanol–water partition coefficient (Wildman–Crippen LogP) is 3.80. The van der Waals surface area contributed by atoms with Crippen LogP contribution in [0.15, 0.2) is 53.4 Å². The van der Waals surface area contributed by atoms with Gasteiger partial charge in [0, 0.05) is 6.04 Å². The first-order valence-electron chi connectivity index (χ1n) is 10.3. The number of amides is 1. The fourth-order valence-corrected chi connectivity index (χ4v) is 6.15. The summed E-state index contributed by atoms with van der Waals surface area (Å²) in [5.41, 5.74) is 2.44. The second-order valence-electron chi connectivity index (χ2n) is 8.51. The number of hydrogen-bond donors (Lipinski definition) is 1. The van der Waals surface area contributed by atoms with Gasteiger partial charge >= 0.3 is 0 Å². The Kier molecular flexibility index (Phi) is 5.38. The smallest absolute Gasteiger partial charge is 0.264 e. The molecular formula is C23H28N2O3S. The predicted molar refractivity (Wildman–Crippen MR) is 114 cm³/mol. The quantitative estimate of drug-likeness (QED) is 0.785. The summed E-state index contributed by atoms with van der Waals surface area (Å²) in [7, 11) is -3.85. The van der Waals surface area contributed by atoms with Crippen LogP contribution >= 0.6 is 0 Å². The van der Waals surface area contributed by atoms with Gasteiger partial charge in [0.2, 0.25) is 5.91 Å². The lowest BCUT2D eigenvalue weighted by molar-refractivity contribution is -0.120. The van der Waals surface area contributed by atoms with Crippen molar-refractivity contribution in [3.63, 3.8) is 0 Å². The van der Waals surface area contributed by atoms with Crippen LogP contribution in [0.4, 0.5) is 5.69 Å². The lowest BCUT2D eigenvalue weighted by atomic mass is 9.95. The summed E-state index contributed by atoms with van der Waals surface area (Å²) in [6.07, 6.45) is 4.63. The summed E-state index contributed by atoms with van der Waals surface area (Å²) in [5.74, 6) is 1.03. The van der Waals surface area contributed by atoms with Gasteiger partial charge in [-0.3, -0.25) is 9.10 Å². The van der Waals surface area contributed by atoms with Crippen molar-refractivity contribution in [1.82, 2.24) is 5.32 Å². The Balaban J connectivity index is 1.60. The van der Waals surface area contributed by atoms with Gasteiger partial charge in [-0.25, -0.2) is 8.42 Å². The number of nitrogens with zero attached hydrogens (tertiary/aromatic N) is 1. The van der Waals surface area contributed by atoms with E-state index in [1.54, 1.807) is 36.4 Å². The molecule has 2 fully saturated rings. The Labute approximate surface area is 173 Å². The van der Waals surface area contributed by atoms with E-state index in [-0.39, 0.29) is 23.4 Å². The molecule has 0 aromatic heterocycles. The first-order valence-corrected chi connectivity index (χ1v) is 11.7. The topological polar surface area (TPSA) is 66.5 Å². The molecule has 1 N–H and O–H groups in total. The van der Waals surface area contributed by atoms with E-state index >= 15 is 0 Å². The van der Waals surface area contributed by atoms with Gasteiger partial charge in [-0.1, -0.05) is 36.2 Å². The second-order valence-corrected chi connectivity index (χ2v) is 10.4. The van der Waals surface area contributed by atoms with E-state index in [9.17, 15) is 13.2 Å². The zero-order valence-corrected chi connectivity index (χ0v) is 17.8. The maximum atomic E-state index is 13.4. The molecule has 6 heteroatoms. The zero-order chi connectivity index (χ0) is 20.6. The van der Waals surface area contributed by atoms with Crippen LogP contribution in [0.1, 0.15) is 36.8 Å². The Morgan fingerprint density at radius 2 is 1.79 bits per heavy atom. The molecule has 0 unspecified atom stereocenters. The van der Waals surface area contributed by atoms with Crippen molar-refractivity contribution >= 4 is 21.6 Å². The SMILES string of the molecule is Cc1ccc(S(=O)(=O)N(CC(=O)N[C@@H]2C[C@@H]3CC[C@@H]2C3)c2cccc(C)c2)cc1. The van der Waals surface area contributed by atoms with Crippen molar-refractivity contribution in [2.45, 2.75) is 50.5 Å². The molecule has 0 saturated heterocycles. The van der Waals surface area contributed by atoms with E-state index < -0.39 is 10.0 Å². The standard InChI is InChI=1S/C23H28N2O3S/c1-16-6-10-21(11-7-16)29(27,28)25(20-5-3-4-17(2)12-20)15-23(26)24-22-14-18-8-9-19(22)13-18/h3-7,10-12,18-19,22H,8-9,13-15H2,1-2H3,(H,24,26)/t18-,19-,22-/m1/s1. The number of benzene rings is 2. The average molecular weight is 413 g/mol. The number of sulfonamides is 1. The molecule has 154 valence electrons. The summed E-state index contributed by atoms with van der Waals surface area (Å²) >= 11 is 0. The number of hydrogen-bond acceptors (Lipinski definition) is 3. The van der Waals surface area contributed by atoms with Crippen LogP contribution in [0, 0.1) is 25.7 Å². The largest absolute Gasteiger partial charge is 0.352 e. The fourth-order valence-electron chi connectivity index (χ4n) is 4.74. The molecule has 2 aromatic rings. The van der Waals surface area contributed by atoms with E-state index in [0.29, 0.717) is 11.6 Å². The molecule has 0 spiro atoms. The van der Waals surface area contributed by atoms with Crippen LogP contribution in [-0.4, -0.2) is 26.9 Å². The fraction of sp³-hybridized carbons (Fsp3) is 0.435. The van der Waals surface area contributed by atoms with Crippen LogP contribution in [0.5, 0.6) is 0 Å². The van der Waals surface area contributed by atoms with Crippen LogP contribution in [-0.2, 0) is 14.8 Å². The van der Waals surface area contributed by atoms with Crippen LogP contribution in [0.3, 0.4) is 0 Å². The lowest BCUT2D eigenvalue weighted by Gasteiger charge is -2.27. The summed E-state index contributed by atoms with van der Waals surface area (Å²) in [6, 6.07) is 14.2. The molecule has 4 rings (SSSR count). The van der Waals surface area contributed by atoms with Gasteiger partial charge in [0.15, 0.2) is 0 Å².